The number of hydrogen-bond donors (Lipinski definition) is 1. The van der Waals surface area contributed by atoms with Crippen LogP contribution in [0.15, 0.2) is 29.2 Å². The lowest BCUT2D eigenvalue weighted by atomic mass is 9.97. The van der Waals surface area contributed by atoms with E-state index in [1.165, 1.54) is 22.5 Å². The van der Waals surface area contributed by atoms with Crippen molar-refractivity contribution < 1.29 is 18.1 Å². The molecule has 0 radical (unpaired) electrons. The van der Waals surface area contributed by atoms with Crippen molar-refractivity contribution in [3.8, 4) is 0 Å². The second-order valence-electron chi connectivity index (χ2n) is 5.33. The lowest BCUT2D eigenvalue weighted by Crippen LogP contribution is -2.42. The van der Waals surface area contributed by atoms with Crippen LogP contribution in [0.1, 0.15) is 19.8 Å². The van der Waals surface area contributed by atoms with Crippen molar-refractivity contribution in [1.82, 2.24) is 9.62 Å². The molecule has 1 aliphatic heterocycles. The predicted molar refractivity (Wildman–Crippen MR) is 83.3 cm³/mol. The molecule has 1 aromatic carbocycles. The molecule has 9 heteroatoms. The molecule has 0 aromatic heterocycles. The third-order valence-corrected chi connectivity index (χ3v) is 5.74. The number of carbonyl (C=O) groups is 1. The van der Waals surface area contributed by atoms with Crippen molar-refractivity contribution in [3.63, 3.8) is 0 Å². The Morgan fingerprint density at radius 3 is 2.61 bits per heavy atom. The Hall–Kier alpha value is -2.00. The van der Waals surface area contributed by atoms with Gasteiger partial charge in [-0.3, -0.25) is 14.9 Å². The van der Waals surface area contributed by atoms with E-state index in [2.05, 4.69) is 5.32 Å². The SMILES string of the molecule is CCNC(=O)C1CCN(S(=O)(=O)c2cccc([N+](=O)[O-])c2)CC1. The minimum atomic E-state index is -3.78. The van der Waals surface area contributed by atoms with E-state index in [0.29, 0.717) is 19.4 Å². The average molecular weight is 341 g/mol. The first-order valence-corrected chi connectivity index (χ1v) is 8.82. The van der Waals surface area contributed by atoms with E-state index in [-0.39, 0.29) is 35.5 Å². The normalized spacial score (nSPS) is 16.9. The first-order valence-electron chi connectivity index (χ1n) is 7.38. The van der Waals surface area contributed by atoms with Crippen LogP contribution in [0.25, 0.3) is 0 Å². The summed E-state index contributed by atoms with van der Waals surface area (Å²) in [6.45, 7) is 2.84. The Kier molecular flexibility index (Phi) is 5.32. The zero-order valence-electron chi connectivity index (χ0n) is 12.8. The zero-order valence-corrected chi connectivity index (χ0v) is 13.6. The molecule has 1 heterocycles. The molecular weight excluding hydrogens is 322 g/mol. The molecule has 0 atom stereocenters. The summed E-state index contributed by atoms with van der Waals surface area (Å²) in [5.41, 5.74) is -0.261. The van der Waals surface area contributed by atoms with Crippen molar-refractivity contribution in [2.45, 2.75) is 24.7 Å². The van der Waals surface area contributed by atoms with Crippen LogP contribution in [0.3, 0.4) is 0 Å². The summed E-state index contributed by atoms with van der Waals surface area (Å²) >= 11 is 0. The fourth-order valence-electron chi connectivity index (χ4n) is 2.58. The number of nitrogens with one attached hydrogen (secondary N) is 1. The van der Waals surface area contributed by atoms with Gasteiger partial charge in [-0.25, -0.2) is 8.42 Å². The molecule has 1 N–H and O–H groups in total. The van der Waals surface area contributed by atoms with Gasteiger partial charge < -0.3 is 5.32 Å². The summed E-state index contributed by atoms with van der Waals surface area (Å²) in [5, 5.41) is 13.5. The molecule has 8 nitrogen and oxygen atoms in total. The molecule has 23 heavy (non-hydrogen) atoms. The van der Waals surface area contributed by atoms with Crippen molar-refractivity contribution in [3.05, 3.63) is 34.4 Å². The molecule has 126 valence electrons. The Morgan fingerprint density at radius 1 is 1.39 bits per heavy atom. The van der Waals surface area contributed by atoms with Crippen LogP contribution in [-0.2, 0) is 14.8 Å². The summed E-state index contributed by atoms with van der Waals surface area (Å²) in [4.78, 5) is 21.9. The van der Waals surface area contributed by atoms with E-state index in [4.69, 9.17) is 0 Å². The number of non-ortho nitro benzene ring substituents is 1. The van der Waals surface area contributed by atoms with Gasteiger partial charge in [-0.05, 0) is 25.8 Å². The van der Waals surface area contributed by atoms with Crippen LogP contribution in [0.4, 0.5) is 5.69 Å². The first kappa shape index (κ1) is 17.4. The number of hydrogen-bond acceptors (Lipinski definition) is 5. The van der Waals surface area contributed by atoms with Crippen LogP contribution in [0.2, 0.25) is 0 Å². The topological polar surface area (TPSA) is 110 Å². The molecular formula is C14H19N3O5S. The van der Waals surface area contributed by atoms with E-state index in [0.717, 1.165) is 6.07 Å². The Morgan fingerprint density at radius 2 is 2.04 bits per heavy atom. The van der Waals surface area contributed by atoms with Crippen LogP contribution in [0, 0.1) is 16.0 Å². The Bertz CT molecular complexity index is 696. The maximum Gasteiger partial charge on any atom is 0.270 e. The highest BCUT2D eigenvalue weighted by atomic mass is 32.2. The molecule has 1 aromatic rings. The number of nitrogens with zero attached hydrogens (tertiary/aromatic N) is 2. The number of nitro groups is 1. The van der Waals surface area contributed by atoms with Crippen molar-refractivity contribution in [1.29, 1.82) is 0 Å². The largest absolute Gasteiger partial charge is 0.356 e. The summed E-state index contributed by atoms with van der Waals surface area (Å²) in [6, 6.07) is 5.01. The molecule has 1 amide bonds. The third-order valence-electron chi connectivity index (χ3n) is 3.84. The fraction of sp³-hybridized carbons (Fsp3) is 0.500. The molecule has 0 bridgehead atoms. The number of piperidine rings is 1. The minimum absolute atomic E-state index is 0.0557. The highest BCUT2D eigenvalue weighted by Crippen LogP contribution is 2.25. The lowest BCUT2D eigenvalue weighted by Gasteiger charge is -2.30. The van der Waals surface area contributed by atoms with Gasteiger partial charge >= 0.3 is 0 Å². The van der Waals surface area contributed by atoms with Gasteiger partial charge in [-0.1, -0.05) is 6.07 Å². The van der Waals surface area contributed by atoms with Crippen LogP contribution < -0.4 is 5.32 Å². The quantitative estimate of drug-likeness (QED) is 0.638. The molecule has 0 unspecified atom stereocenters. The van der Waals surface area contributed by atoms with Crippen LogP contribution in [0.5, 0.6) is 0 Å². The van der Waals surface area contributed by atoms with Crippen LogP contribution in [-0.4, -0.2) is 43.2 Å². The van der Waals surface area contributed by atoms with E-state index < -0.39 is 14.9 Å². The molecule has 0 spiro atoms. The number of rotatable bonds is 5. The number of carbonyl (C=O) groups excluding carboxylic acids is 1. The Labute approximate surface area is 134 Å². The van der Waals surface area contributed by atoms with Crippen LogP contribution >= 0.6 is 0 Å². The Balaban J connectivity index is 2.12. The van der Waals surface area contributed by atoms with Crippen molar-refractivity contribution in [2.24, 2.45) is 5.92 Å². The summed E-state index contributed by atoms with van der Waals surface area (Å²) < 4.78 is 26.4. The highest BCUT2D eigenvalue weighted by molar-refractivity contribution is 7.89. The van der Waals surface area contributed by atoms with Gasteiger partial charge in [0.15, 0.2) is 0 Å². The molecule has 0 saturated carbocycles. The maximum absolute atomic E-state index is 12.6. The summed E-state index contributed by atoms with van der Waals surface area (Å²) in [7, 11) is -3.78. The van der Waals surface area contributed by atoms with Crippen molar-refractivity contribution >= 4 is 21.6 Å². The summed E-state index contributed by atoms with van der Waals surface area (Å²) in [5.74, 6) is -0.244. The number of amides is 1. The van der Waals surface area contributed by atoms with E-state index in [1.54, 1.807) is 0 Å². The van der Waals surface area contributed by atoms with E-state index in [9.17, 15) is 23.3 Å². The molecule has 0 aliphatic carbocycles. The van der Waals surface area contributed by atoms with Gasteiger partial charge in [0.25, 0.3) is 5.69 Å². The van der Waals surface area contributed by atoms with Gasteiger partial charge in [0.2, 0.25) is 15.9 Å². The molecule has 1 fully saturated rings. The smallest absolute Gasteiger partial charge is 0.270 e. The standard InChI is InChI=1S/C14H19N3O5S/c1-2-15-14(18)11-6-8-16(9-7-11)23(21,22)13-5-3-4-12(10-13)17(19)20/h3-5,10-11H,2,6-9H2,1H3,(H,15,18). The number of nitro benzene ring substituents is 1. The molecule has 1 aliphatic rings. The first-order chi connectivity index (χ1) is 10.9. The zero-order chi connectivity index (χ0) is 17.0. The second kappa shape index (κ2) is 7.05. The predicted octanol–water partition coefficient (Wildman–Crippen LogP) is 1.13. The second-order valence-corrected chi connectivity index (χ2v) is 7.27. The monoisotopic (exact) mass is 341 g/mol. The van der Waals surface area contributed by atoms with Gasteiger partial charge in [0.1, 0.15) is 0 Å². The highest BCUT2D eigenvalue weighted by Gasteiger charge is 2.32. The van der Waals surface area contributed by atoms with Crippen molar-refractivity contribution in [2.75, 3.05) is 19.6 Å². The van der Waals surface area contributed by atoms with Gasteiger partial charge in [-0.2, -0.15) is 4.31 Å². The van der Waals surface area contributed by atoms with E-state index in [1.807, 2.05) is 6.92 Å². The third kappa shape index (κ3) is 3.85. The fourth-order valence-corrected chi connectivity index (χ4v) is 4.09. The number of sulfonamides is 1. The molecule has 1 saturated heterocycles. The maximum atomic E-state index is 12.6. The van der Waals surface area contributed by atoms with Gasteiger partial charge in [-0.15, -0.1) is 0 Å². The average Bonchev–Trinajstić information content (AvgIpc) is 2.55. The lowest BCUT2D eigenvalue weighted by molar-refractivity contribution is -0.385. The summed E-state index contributed by atoms with van der Waals surface area (Å²) in [6.07, 6.45) is 0.889. The van der Waals surface area contributed by atoms with Gasteiger partial charge in [0, 0.05) is 37.7 Å². The van der Waals surface area contributed by atoms with E-state index >= 15 is 0 Å². The minimum Gasteiger partial charge on any atom is -0.356 e. The number of benzene rings is 1. The van der Waals surface area contributed by atoms with Gasteiger partial charge in [0.05, 0.1) is 9.82 Å². The molecule has 2 rings (SSSR count).